The quantitative estimate of drug-likeness (QED) is 0.755. The summed E-state index contributed by atoms with van der Waals surface area (Å²) in [5.74, 6) is -0.244. The molecule has 1 aromatic carbocycles. The van der Waals surface area contributed by atoms with Gasteiger partial charge in [0, 0.05) is 24.6 Å². The van der Waals surface area contributed by atoms with Crippen LogP contribution in [0, 0.1) is 0 Å². The molecule has 1 aliphatic heterocycles. The first kappa shape index (κ1) is 17.9. The van der Waals surface area contributed by atoms with Crippen molar-refractivity contribution in [2.75, 3.05) is 20.8 Å². The van der Waals surface area contributed by atoms with E-state index in [9.17, 15) is 14.4 Å². The number of carboxylic acid groups (broad SMARTS) is 1. The molecule has 0 unspecified atom stereocenters. The molecule has 2 rings (SSSR count). The monoisotopic (exact) mass is 351 g/mol. The molecule has 1 N–H and O–H groups in total. The van der Waals surface area contributed by atoms with Gasteiger partial charge in [0.25, 0.3) is 11.1 Å². The average Bonchev–Trinajstić information content (AvgIpc) is 2.82. The first-order valence-corrected chi connectivity index (χ1v) is 7.97. The highest BCUT2D eigenvalue weighted by Crippen LogP contribution is 2.35. The third kappa shape index (κ3) is 4.08. The van der Waals surface area contributed by atoms with Gasteiger partial charge in [-0.2, -0.15) is 0 Å². The van der Waals surface area contributed by atoms with E-state index in [0.717, 1.165) is 16.7 Å². The topological polar surface area (TPSA) is 93.1 Å². The number of imide groups is 1. The molecular weight excluding hydrogens is 334 g/mol. The van der Waals surface area contributed by atoms with E-state index in [-0.39, 0.29) is 24.3 Å². The van der Waals surface area contributed by atoms with Crippen molar-refractivity contribution in [3.63, 3.8) is 0 Å². The van der Waals surface area contributed by atoms with Gasteiger partial charge in [0.05, 0.1) is 19.1 Å². The van der Waals surface area contributed by atoms with Crippen LogP contribution in [0.15, 0.2) is 23.1 Å². The van der Waals surface area contributed by atoms with E-state index >= 15 is 0 Å². The molecule has 0 bridgehead atoms. The number of ether oxygens (including phenoxy) is 2. The maximum atomic E-state index is 12.3. The number of hydrogen-bond donors (Lipinski definition) is 1. The largest absolute Gasteiger partial charge is 0.497 e. The number of benzene rings is 1. The summed E-state index contributed by atoms with van der Waals surface area (Å²) in [5.41, 5.74) is 0.648. The lowest BCUT2D eigenvalue weighted by molar-refractivity contribution is -0.137. The minimum absolute atomic E-state index is 0.0902. The lowest BCUT2D eigenvalue weighted by atomic mass is 10.1. The molecule has 128 valence electrons. The van der Waals surface area contributed by atoms with Crippen LogP contribution >= 0.6 is 11.8 Å². The Balaban J connectivity index is 2.18. The molecule has 0 spiro atoms. The molecule has 1 aromatic rings. The molecule has 7 nitrogen and oxygen atoms in total. The minimum atomic E-state index is -0.958. The zero-order valence-electron chi connectivity index (χ0n) is 13.3. The smallest absolute Gasteiger partial charge is 0.303 e. The molecular formula is C16H17NO6S. The number of hydrogen-bond acceptors (Lipinski definition) is 6. The van der Waals surface area contributed by atoms with Crippen LogP contribution < -0.4 is 9.47 Å². The minimum Gasteiger partial charge on any atom is -0.497 e. The number of thioether (sulfide) groups is 1. The van der Waals surface area contributed by atoms with Crippen LogP contribution in [-0.2, 0) is 9.59 Å². The van der Waals surface area contributed by atoms with Crippen LogP contribution in [0.5, 0.6) is 11.5 Å². The van der Waals surface area contributed by atoms with Gasteiger partial charge in [-0.3, -0.25) is 19.3 Å². The molecule has 1 aliphatic rings. The van der Waals surface area contributed by atoms with Gasteiger partial charge in [-0.15, -0.1) is 0 Å². The molecule has 0 saturated carbocycles. The molecule has 2 amide bonds. The highest BCUT2D eigenvalue weighted by molar-refractivity contribution is 8.18. The number of aliphatic carboxylic acids is 1. The molecule has 0 aliphatic carbocycles. The van der Waals surface area contributed by atoms with Gasteiger partial charge in [0.15, 0.2) is 0 Å². The summed E-state index contributed by atoms with van der Waals surface area (Å²) < 4.78 is 10.4. The van der Waals surface area contributed by atoms with Crippen molar-refractivity contribution in [2.45, 2.75) is 12.8 Å². The predicted octanol–water partition coefficient (Wildman–Crippen LogP) is 2.60. The maximum absolute atomic E-state index is 12.3. The van der Waals surface area contributed by atoms with Crippen LogP contribution in [0.3, 0.4) is 0 Å². The molecule has 1 saturated heterocycles. The first-order chi connectivity index (χ1) is 11.5. The second kappa shape index (κ2) is 7.87. The number of rotatable bonds is 7. The fourth-order valence-corrected chi connectivity index (χ4v) is 3.02. The van der Waals surface area contributed by atoms with E-state index in [0.29, 0.717) is 17.1 Å². The Hall–Kier alpha value is -2.48. The van der Waals surface area contributed by atoms with Crippen molar-refractivity contribution >= 4 is 35.0 Å². The van der Waals surface area contributed by atoms with Crippen LogP contribution in [0.4, 0.5) is 4.79 Å². The second-order valence-electron chi connectivity index (χ2n) is 4.94. The number of carbonyl (C=O) groups is 3. The van der Waals surface area contributed by atoms with E-state index < -0.39 is 17.1 Å². The molecule has 0 radical (unpaired) electrons. The van der Waals surface area contributed by atoms with Gasteiger partial charge >= 0.3 is 5.97 Å². The Labute approximate surface area is 143 Å². The molecule has 1 fully saturated rings. The van der Waals surface area contributed by atoms with Crippen LogP contribution in [0.2, 0.25) is 0 Å². The highest BCUT2D eigenvalue weighted by Gasteiger charge is 2.34. The van der Waals surface area contributed by atoms with Crippen molar-refractivity contribution in [3.8, 4) is 11.5 Å². The van der Waals surface area contributed by atoms with Crippen LogP contribution in [-0.4, -0.2) is 47.9 Å². The standard InChI is InChI=1S/C16H17NO6S/c1-22-11-6-5-10(12(9-11)23-2)8-13-15(20)17(16(21)24-13)7-3-4-14(18)19/h5-6,8-9H,3-4,7H2,1-2H3,(H,18,19)/b13-8+. The van der Waals surface area contributed by atoms with Gasteiger partial charge in [-0.25, -0.2) is 0 Å². The van der Waals surface area contributed by atoms with Crippen molar-refractivity contribution in [3.05, 3.63) is 28.7 Å². The van der Waals surface area contributed by atoms with E-state index in [4.69, 9.17) is 14.6 Å². The number of methoxy groups -OCH3 is 2. The highest BCUT2D eigenvalue weighted by atomic mass is 32.2. The molecule has 0 atom stereocenters. The SMILES string of the molecule is COc1ccc(/C=C2/SC(=O)N(CCCC(=O)O)C2=O)c(OC)c1. The summed E-state index contributed by atoms with van der Waals surface area (Å²) in [4.78, 5) is 36.1. The Morgan fingerprint density at radius 1 is 1.29 bits per heavy atom. The van der Waals surface area contributed by atoms with Gasteiger partial charge in [0.1, 0.15) is 11.5 Å². The normalized spacial score (nSPS) is 15.9. The van der Waals surface area contributed by atoms with Crippen molar-refractivity contribution in [2.24, 2.45) is 0 Å². The first-order valence-electron chi connectivity index (χ1n) is 7.15. The Morgan fingerprint density at radius 2 is 2.04 bits per heavy atom. The van der Waals surface area contributed by atoms with Crippen LogP contribution in [0.1, 0.15) is 18.4 Å². The summed E-state index contributed by atoms with van der Waals surface area (Å²) in [6.45, 7) is 0.0913. The van der Waals surface area contributed by atoms with E-state index in [1.807, 2.05) is 0 Å². The van der Waals surface area contributed by atoms with E-state index in [1.165, 1.54) is 14.2 Å². The van der Waals surface area contributed by atoms with Gasteiger partial charge < -0.3 is 14.6 Å². The Kier molecular flexibility index (Phi) is 5.86. The number of carbonyl (C=O) groups excluding carboxylic acids is 2. The summed E-state index contributed by atoms with van der Waals surface area (Å²) in [6.07, 6.45) is 1.72. The lowest BCUT2D eigenvalue weighted by Crippen LogP contribution is -2.29. The third-order valence-corrected chi connectivity index (χ3v) is 4.28. The molecule has 1 heterocycles. The average molecular weight is 351 g/mol. The molecule has 24 heavy (non-hydrogen) atoms. The molecule has 0 aromatic heterocycles. The van der Waals surface area contributed by atoms with Crippen molar-refractivity contribution in [1.29, 1.82) is 0 Å². The van der Waals surface area contributed by atoms with E-state index in [2.05, 4.69) is 0 Å². The van der Waals surface area contributed by atoms with E-state index in [1.54, 1.807) is 24.3 Å². The maximum Gasteiger partial charge on any atom is 0.303 e. The second-order valence-corrected chi connectivity index (χ2v) is 5.93. The fourth-order valence-electron chi connectivity index (χ4n) is 2.16. The predicted molar refractivity (Wildman–Crippen MR) is 89.1 cm³/mol. The zero-order valence-corrected chi connectivity index (χ0v) is 14.1. The zero-order chi connectivity index (χ0) is 17.7. The van der Waals surface area contributed by atoms with Crippen molar-refractivity contribution in [1.82, 2.24) is 4.90 Å². The van der Waals surface area contributed by atoms with Crippen LogP contribution in [0.25, 0.3) is 6.08 Å². The van der Waals surface area contributed by atoms with Gasteiger partial charge in [-0.1, -0.05) is 0 Å². The fraction of sp³-hybridized carbons (Fsp3) is 0.312. The Bertz CT molecular complexity index is 700. The lowest BCUT2D eigenvalue weighted by Gasteiger charge is -2.11. The van der Waals surface area contributed by atoms with Crippen molar-refractivity contribution < 1.29 is 29.0 Å². The Morgan fingerprint density at radius 3 is 2.67 bits per heavy atom. The molecule has 8 heteroatoms. The summed E-state index contributed by atoms with van der Waals surface area (Å²) >= 11 is 0.829. The summed E-state index contributed by atoms with van der Waals surface area (Å²) in [7, 11) is 3.04. The third-order valence-electron chi connectivity index (χ3n) is 3.37. The number of carboxylic acids is 1. The van der Waals surface area contributed by atoms with Gasteiger partial charge in [-0.05, 0) is 36.4 Å². The number of amides is 2. The summed E-state index contributed by atoms with van der Waals surface area (Å²) in [5, 5.41) is 8.24. The van der Waals surface area contributed by atoms with Gasteiger partial charge in [0.2, 0.25) is 0 Å². The summed E-state index contributed by atoms with van der Waals surface area (Å²) in [6, 6.07) is 5.14. The number of nitrogens with zero attached hydrogens (tertiary/aromatic N) is 1.